The molecule has 1 N–H and O–H groups in total. The van der Waals surface area contributed by atoms with Crippen molar-refractivity contribution in [3.63, 3.8) is 0 Å². The molecule has 2 fully saturated rings. The highest BCUT2D eigenvalue weighted by molar-refractivity contribution is 14.0. The highest BCUT2D eigenvalue weighted by Crippen LogP contribution is 2.33. The van der Waals surface area contributed by atoms with Gasteiger partial charge in [-0.2, -0.15) is 0 Å². The van der Waals surface area contributed by atoms with E-state index in [1.54, 1.807) is 0 Å². The average molecular weight is 515 g/mol. The van der Waals surface area contributed by atoms with Gasteiger partial charge in [-0.3, -0.25) is 4.99 Å². The first kappa shape index (κ1) is 24.4. The number of benzene rings is 1. The lowest BCUT2D eigenvalue weighted by Gasteiger charge is -2.32. The third-order valence-electron chi connectivity index (χ3n) is 5.96. The Balaban J connectivity index is 0.00000300. The van der Waals surface area contributed by atoms with Crippen molar-refractivity contribution >= 4 is 29.9 Å². The molecule has 0 amide bonds. The summed E-state index contributed by atoms with van der Waals surface area (Å²) in [6.07, 6.45) is 6.06. The van der Waals surface area contributed by atoms with Gasteiger partial charge in [-0.15, -0.1) is 24.0 Å². The van der Waals surface area contributed by atoms with Crippen LogP contribution in [0.5, 0.6) is 0 Å². The molecular formula is C23H38IN3O2. The van der Waals surface area contributed by atoms with Gasteiger partial charge in [0.25, 0.3) is 0 Å². The largest absolute Gasteiger partial charge is 0.381 e. The fourth-order valence-electron chi connectivity index (χ4n) is 4.23. The first-order valence-electron chi connectivity index (χ1n) is 11.0. The standard InChI is InChI=1S/C23H37N3O2.HI/c1-3-24-23(26(2)14-11-19-12-16-27-17-13-19)25-18-21-10-7-15-28-22(21)20-8-5-4-6-9-20;/h4-6,8-9,19,21-22H,3,7,10-18H2,1-2H3,(H,24,25);1H. The van der Waals surface area contributed by atoms with E-state index in [9.17, 15) is 0 Å². The molecule has 2 saturated heterocycles. The molecule has 0 aliphatic carbocycles. The molecular weight excluding hydrogens is 477 g/mol. The van der Waals surface area contributed by atoms with E-state index in [0.29, 0.717) is 5.92 Å². The summed E-state index contributed by atoms with van der Waals surface area (Å²) in [5.74, 6) is 2.24. The second kappa shape index (κ2) is 13.4. The van der Waals surface area contributed by atoms with Crippen LogP contribution in [-0.2, 0) is 9.47 Å². The summed E-state index contributed by atoms with van der Waals surface area (Å²) in [6, 6.07) is 10.6. The number of rotatable bonds is 7. The number of nitrogens with zero attached hydrogens (tertiary/aromatic N) is 2. The number of halogens is 1. The highest BCUT2D eigenvalue weighted by atomic mass is 127. The molecule has 2 heterocycles. The van der Waals surface area contributed by atoms with Gasteiger partial charge in [-0.1, -0.05) is 30.3 Å². The van der Waals surface area contributed by atoms with Crippen LogP contribution in [0.4, 0.5) is 0 Å². The lowest BCUT2D eigenvalue weighted by molar-refractivity contribution is -0.0250. The molecule has 0 saturated carbocycles. The van der Waals surface area contributed by atoms with Gasteiger partial charge in [0.1, 0.15) is 0 Å². The molecule has 164 valence electrons. The van der Waals surface area contributed by atoms with Crippen LogP contribution in [0.15, 0.2) is 35.3 Å². The molecule has 5 nitrogen and oxygen atoms in total. The van der Waals surface area contributed by atoms with Gasteiger partial charge in [-0.05, 0) is 50.5 Å². The smallest absolute Gasteiger partial charge is 0.193 e. The molecule has 2 aliphatic heterocycles. The fraction of sp³-hybridized carbons (Fsp3) is 0.696. The Labute approximate surface area is 193 Å². The highest BCUT2D eigenvalue weighted by Gasteiger charge is 2.27. The number of nitrogens with one attached hydrogen (secondary N) is 1. The van der Waals surface area contributed by atoms with Crippen molar-refractivity contribution in [2.75, 3.05) is 46.5 Å². The zero-order valence-electron chi connectivity index (χ0n) is 18.0. The normalized spacial score (nSPS) is 23.3. The minimum atomic E-state index is 0. The van der Waals surface area contributed by atoms with Crippen molar-refractivity contribution in [3.8, 4) is 0 Å². The number of hydrogen-bond donors (Lipinski definition) is 1. The van der Waals surface area contributed by atoms with Crippen molar-refractivity contribution in [1.29, 1.82) is 0 Å². The monoisotopic (exact) mass is 515 g/mol. The van der Waals surface area contributed by atoms with Gasteiger partial charge in [0, 0.05) is 52.4 Å². The summed E-state index contributed by atoms with van der Waals surface area (Å²) in [7, 11) is 2.16. The maximum Gasteiger partial charge on any atom is 0.193 e. The maximum atomic E-state index is 6.14. The fourth-order valence-corrected chi connectivity index (χ4v) is 4.23. The van der Waals surface area contributed by atoms with E-state index in [2.05, 4.69) is 54.5 Å². The molecule has 2 unspecified atom stereocenters. The van der Waals surface area contributed by atoms with Crippen LogP contribution in [0.3, 0.4) is 0 Å². The Morgan fingerprint density at radius 1 is 1.14 bits per heavy atom. The first-order chi connectivity index (χ1) is 13.8. The number of aliphatic imine (C=N–C) groups is 1. The third-order valence-corrected chi connectivity index (χ3v) is 5.96. The van der Waals surface area contributed by atoms with E-state index in [0.717, 1.165) is 57.8 Å². The summed E-state index contributed by atoms with van der Waals surface area (Å²) in [6.45, 7) is 7.58. The Kier molecular flexibility index (Phi) is 11.3. The van der Waals surface area contributed by atoms with Crippen LogP contribution in [0.25, 0.3) is 0 Å². The van der Waals surface area contributed by atoms with E-state index in [1.165, 1.54) is 31.2 Å². The summed E-state index contributed by atoms with van der Waals surface area (Å²) in [4.78, 5) is 7.30. The second-order valence-electron chi connectivity index (χ2n) is 8.06. The quantitative estimate of drug-likeness (QED) is 0.331. The van der Waals surface area contributed by atoms with Crippen molar-refractivity contribution in [1.82, 2.24) is 10.2 Å². The SMILES string of the molecule is CCNC(=NCC1CCCOC1c1ccccc1)N(C)CCC1CCOCC1.I. The average Bonchev–Trinajstić information content (AvgIpc) is 2.76. The molecule has 29 heavy (non-hydrogen) atoms. The van der Waals surface area contributed by atoms with Crippen molar-refractivity contribution in [2.24, 2.45) is 16.8 Å². The molecule has 2 atom stereocenters. The Bertz CT molecular complexity index is 593. The van der Waals surface area contributed by atoms with Crippen LogP contribution in [0, 0.1) is 11.8 Å². The molecule has 2 aliphatic rings. The molecule has 0 bridgehead atoms. The maximum absolute atomic E-state index is 6.14. The van der Waals surface area contributed by atoms with Gasteiger partial charge in [0.05, 0.1) is 6.10 Å². The van der Waals surface area contributed by atoms with E-state index in [-0.39, 0.29) is 30.1 Å². The molecule has 1 aromatic carbocycles. The zero-order valence-corrected chi connectivity index (χ0v) is 20.3. The molecule has 0 spiro atoms. The van der Waals surface area contributed by atoms with E-state index in [1.807, 2.05) is 0 Å². The van der Waals surface area contributed by atoms with E-state index < -0.39 is 0 Å². The summed E-state index contributed by atoms with van der Waals surface area (Å²) >= 11 is 0. The van der Waals surface area contributed by atoms with Gasteiger partial charge in [-0.25, -0.2) is 0 Å². The lowest BCUT2D eigenvalue weighted by Crippen LogP contribution is -2.40. The summed E-state index contributed by atoms with van der Waals surface area (Å²) < 4.78 is 11.6. The minimum Gasteiger partial charge on any atom is -0.381 e. The van der Waals surface area contributed by atoms with Crippen molar-refractivity contribution < 1.29 is 9.47 Å². The first-order valence-corrected chi connectivity index (χ1v) is 11.0. The van der Waals surface area contributed by atoms with E-state index >= 15 is 0 Å². The Morgan fingerprint density at radius 2 is 1.90 bits per heavy atom. The molecule has 3 rings (SSSR count). The Hall–Kier alpha value is -0.860. The van der Waals surface area contributed by atoms with E-state index in [4.69, 9.17) is 14.5 Å². The van der Waals surface area contributed by atoms with Gasteiger partial charge < -0.3 is 19.7 Å². The van der Waals surface area contributed by atoms with Crippen molar-refractivity contribution in [3.05, 3.63) is 35.9 Å². The predicted molar refractivity (Wildman–Crippen MR) is 130 cm³/mol. The van der Waals surface area contributed by atoms with Gasteiger partial charge in [0.2, 0.25) is 0 Å². The predicted octanol–water partition coefficient (Wildman–Crippen LogP) is 4.49. The number of guanidine groups is 1. The molecule has 6 heteroatoms. The molecule has 0 aromatic heterocycles. The zero-order chi connectivity index (χ0) is 19.6. The Morgan fingerprint density at radius 3 is 2.62 bits per heavy atom. The van der Waals surface area contributed by atoms with Crippen molar-refractivity contribution in [2.45, 2.75) is 45.1 Å². The van der Waals surface area contributed by atoms with Crippen LogP contribution < -0.4 is 5.32 Å². The van der Waals surface area contributed by atoms with Gasteiger partial charge >= 0.3 is 0 Å². The summed E-state index contributed by atoms with van der Waals surface area (Å²) in [5.41, 5.74) is 1.28. The second-order valence-corrected chi connectivity index (χ2v) is 8.06. The third kappa shape index (κ3) is 7.72. The lowest BCUT2D eigenvalue weighted by atomic mass is 9.89. The molecule has 0 radical (unpaired) electrons. The number of hydrogen-bond acceptors (Lipinski definition) is 3. The van der Waals surface area contributed by atoms with Crippen LogP contribution in [0.1, 0.15) is 50.7 Å². The van der Waals surface area contributed by atoms with Crippen LogP contribution >= 0.6 is 24.0 Å². The summed E-state index contributed by atoms with van der Waals surface area (Å²) in [5, 5.41) is 3.47. The topological polar surface area (TPSA) is 46.1 Å². The van der Waals surface area contributed by atoms with Crippen LogP contribution in [-0.4, -0.2) is 57.4 Å². The van der Waals surface area contributed by atoms with Crippen LogP contribution in [0.2, 0.25) is 0 Å². The number of ether oxygens (including phenoxy) is 2. The molecule has 1 aromatic rings. The van der Waals surface area contributed by atoms with Gasteiger partial charge in [0.15, 0.2) is 5.96 Å². The minimum absolute atomic E-state index is 0.